The predicted octanol–water partition coefficient (Wildman–Crippen LogP) is 7.26. The molecule has 6 rings (SSSR count). The van der Waals surface area contributed by atoms with E-state index in [1.165, 1.54) is 38.5 Å². The van der Waals surface area contributed by atoms with Gasteiger partial charge < -0.3 is 14.2 Å². The highest BCUT2D eigenvalue weighted by Gasteiger charge is 2.33. The van der Waals surface area contributed by atoms with Crippen LogP contribution in [0.3, 0.4) is 0 Å². The van der Waals surface area contributed by atoms with Gasteiger partial charge in [0, 0.05) is 17.5 Å². The van der Waals surface area contributed by atoms with Gasteiger partial charge in [-0.1, -0.05) is 87.1 Å². The van der Waals surface area contributed by atoms with E-state index in [0.29, 0.717) is 25.2 Å². The third kappa shape index (κ3) is 5.09. The van der Waals surface area contributed by atoms with Gasteiger partial charge in [0.05, 0.1) is 11.0 Å². The second kappa shape index (κ2) is 11.0. The Morgan fingerprint density at radius 3 is 2.22 bits per heavy atom. The molecule has 1 heterocycles. The van der Waals surface area contributed by atoms with E-state index in [2.05, 4.69) is 33.7 Å². The van der Waals surface area contributed by atoms with Crippen molar-refractivity contribution in [1.29, 1.82) is 0 Å². The van der Waals surface area contributed by atoms with Gasteiger partial charge in [0.2, 0.25) is 5.91 Å². The molecule has 1 amide bonds. The second-order valence-electron chi connectivity index (χ2n) is 10.8. The van der Waals surface area contributed by atoms with E-state index in [9.17, 15) is 4.79 Å². The smallest absolute Gasteiger partial charge is 0.243 e. The number of benzene rings is 3. The first-order valence-corrected chi connectivity index (χ1v) is 14.1. The number of rotatable bonds is 7. The van der Waals surface area contributed by atoms with Crippen LogP contribution in [-0.2, 0) is 17.9 Å². The van der Waals surface area contributed by atoms with Crippen LogP contribution in [-0.4, -0.2) is 32.4 Å². The minimum absolute atomic E-state index is 0.244. The van der Waals surface area contributed by atoms with Crippen molar-refractivity contribution in [3.63, 3.8) is 0 Å². The fraction of sp³-hybridized carbons (Fsp3) is 0.438. The monoisotopic (exact) mass is 495 g/mol. The molecule has 5 nitrogen and oxygen atoms in total. The fourth-order valence-corrected chi connectivity index (χ4v) is 6.52. The zero-order chi connectivity index (χ0) is 25.0. The summed E-state index contributed by atoms with van der Waals surface area (Å²) in [6.45, 7) is 0.643. The molecule has 0 N–H and O–H groups in total. The number of carbonyl (C=O) groups excluding carboxylic acids is 1. The maximum atomic E-state index is 14.1. The molecule has 37 heavy (non-hydrogen) atoms. The van der Waals surface area contributed by atoms with E-state index in [-0.39, 0.29) is 5.91 Å². The molecule has 0 atom stereocenters. The standard InChI is InChI=1S/C32H37N3O2/c36-32(35(25-14-3-1-4-15-25)26-16-5-2-6-17-26)22-34-29-20-10-9-19-28(29)33-31(34)23-37-30-21-11-13-24-12-7-8-18-27(24)30/h7-13,18-21,25-26H,1-6,14-17,22-23H2. The van der Waals surface area contributed by atoms with Crippen molar-refractivity contribution in [2.24, 2.45) is 0 Å². The summed E-state index contributed by atoms with van der Waals surface area (Å²) < 4.78 is 8.44. The number of fused-ring (bicyclic) bond motifs is 2. The lowest BCUT2D eigenvalue weighted by molar-refractivity contribution is -0.138. The Morgan fingerprint density at radius 1 is 0.811 bits per heavy atom. The summed E-state index contributed by atoms with van der Waals surface area (Å²) in [5.41, 5.74) is 1.91. The summed E-state index contributed by atoms with van der Waals surface area (Å²) in [7, 11) is 0. The maximum Gasteiger partial charge on any atom is 0.243 e. The Morgan fingerprint density at radius 2 is 1.46 bits per heavy atom. The van der Waals surface area contributed by atoms with Crippen LogP contribution in [0.2, 0.25) is 0 Å². The van der Waals surface area contributed by atoms with Gasteiger partial charge in [-0.05, 0) is 49.3 Å². The molecule has 2 aliphatic carbocycles. The Kier molecular flexibility index (Phi) is 7.11. The number of ether oxygens (including phenoxy) is 1. The molecular weight excluding hydrogens is 458 g/mol. The largest absolute Gasteiger partial charge is 0.485 e. The highest BCUT2D eigenvalue weighted by Crippen LogP contribution is 2.31. The molecule has 5 heteroatoms. The zero-order valence-corrected chi connectivity index (χ0v) is 21.6. The molecule has 0 saturated heterocycles. The minimum atomic E-state index is 0.244. The van der Waals surface area contributed by atoms with Gasteiger partial charge in [-0.15, -0.1) is 0 Å². The van der Waals surface area contributed by atoms with Crippen LogP contribution in [0.5, 0.6) is 5.75 Å². The van der Waals surface area contributed by atoms with Gasteiger partial charge in [-0.2, -0.15) is 0 Å². The molecule has 0 unspecified atom stereocenters. The summed E-state index contributed by atoms with van der Waals surface area (Å²) in [6.07, 6.45) is 12.1. The highest BCUT2D eigenvalue weighted by atomic mass is 16.5. The van der Waals surface area contributed by atoms with E-state index >= 15 is 0 Å². The van der Waals surface area contributed by atoms with E-state index in [1.807, 2.05) is 42.5 Å². The van der Waals surface area contributed by atoms with Gasteiger partial charge in [-0.3, -0.25) is 4.79 Å². The van der Waals surface area contributed by atoms with Gasteiger partial charge >= 0.3 is 0 Å². The average Bonchev–Trinajstić information content (AvgIpc) is 3.30. The van der Waals surface area contributed by atoms with Gasteiger partial charge in [0.1, 0.15) is 24.7 Å². The summed E-state index contributed by atoms with van der Waals surface area (Å²) >= 11 is 0. The van der Waals surface area contributed by atoms with Gasteiger partial charge in [0.25, 0.3) is 0 Å². The molecule has 4 aromatic rings. The van der Waals surface area contributed by atoms with Crippen molar-refractivity contribution >= 4 is 27.7 Å². The molecule has 3 aromatic carbocycles. The van der Waals surface area contributed by atoms with Crippen molar-refractivity contribution in [2.75, 3.05) is 0 Å². The zero-order valence-electron chi connectivity index (χ0n) is 21.6. The molecule has 1 aromatic heterocycles. The molecule has 0 bridgehead atoms. The van der Waals surface area contributed by atoms with E-state index < -0.39 is 0 Å². The van der Waals surface area contributed by atoms with E-state index in [4.69, 9.17) is 9.72 Å². The lowest BCUT2D eigenvalue weighted by Crippen LogP contribution is -2.50. The number of imidazole rings is 1. The molecule has 2 fully saturated rings. The topological polar surface area (TPSA) is 47.4 Å². The normalized spacial score (nSPS) is 17.3. The summed E-state index contributed by atoms with van der Waals surface area (Å²) in [5, 5.41) is 2.24. The van der Waals surface area contributed by atoms with Crippen molar-refractivity contribution < 1.29 is 9.53 Å². The SMILES string of the molecule is O=C(Cn1c(COc2cccc3ccccc23)nc2ccccc21)N(C1CCCCC1)C1CCCCC1. The first-order valence-electron chi connectivity index (χ1n) is 14.1. The fourth-order valence-electron chi connectivity index (χ4n) is 6.52. The lowest BCUT2D eigenvalue weighted by Gasteiger charge is -2.42. The van der Waals surface area contributed by atoms with Crippen LogP contribution in [0.25, 0.3) is 21.8 Å². The number of nitrogens with zero attached hydrogens (tertiary/aromatic N) is 3. The number of hydrogen-bond acceptors (Lipinski definition) is 3. The van der Waals surface area contributed by atoms with Gasteiger partial charge in [-0.25, -0.2) is 4.98 Å². The summed E-state index contributed by atoms with van der Waals surface area (Å²) in [6, 6.07) is 23.3. The van der Waals surface area contributed by atoms with Gasteiger partial charge in [0.15, 0.2) is 0 Å². The molecule has 2 saturated carbocycles. The Labute approximate surface area is 219 Å². The third-order valence-corrected chi connectivity index (χ3v) is 8.36. The van der Waals surface area contributed by atoms with Crippen LogP contribution >= 0.6 is 0 Å². The quantitative estimate of drug-likeness (QED) is 0.271. The number of hydrogen-bond donors (Lipinski definition) is 0. The lowest BCUT2D eigenvalue weighted by atomic mass is 9.88. The molecule has 192 valence electrons. The summed E-state index contributed by atoms with van der Waals surface area (Å²) in [5.74, 6) is 1.89. The molecular formula is C32H37N3O2. The Hall–Kier alpha value is -3.34. The van der Waals surface area contributed by atoms with Crippen molar-refractivity contribution in [1.82, 2.24) is 14.5 Å². The highest BCUT2D eigenvalue weighted by molar-refractivity contribution is 5.88. The predicted molar refractivity (Wildman–Crippen MR) is 149 cm³/mol. The van der Waals surface area contributed by atoms with E-state index in [1.54, 1.807) is 0 Å². The number of carbonyl (C=O) groups is 1. The van der Waals surface area contributed by atoms with E-state index in [0.717, 1.165) is 59.1 Å². The Bertz CT molecular complexity index is 1340. The maximum absolute atomic E-state index is 14.1. The number of aromatic nitrogens is 2. The van der Waals surface area contributed by atoms with Crippen LogP contribution in [0.15, 0.2) is 66.7 Å². The van der Waals surface area contributed by atoms with Crippen molar-refractivity contribution in [3.8, 4) is 5.75 Å². The van der Waals surface area contributed by atoms with Crippen LogP contribution in [0.4, 0.5) is 0 Å². The second-order valence-corrected chi connectivity index (χ2v) is 10.8. The van der Waals surface area contributed by atoms with Crippen molar-refractivity contribution in [3.05, 3.63) is 72.6 Å². The number of para-hydroxylation sites is 2. The number of amides is 1. The molecule has 2 aliphatic rings. The average molecular weight is 496 g/mol. The summed E-state index contributed by atoms with van der Waals surface area (Å²) in [4.78, 5) is 21.3. The molecule has 0 spiro atoms. The Balaban J connectivity index is 1.29. The molecule has 0 aliphatic heterocycles. The molecule has 0 radical (unpaired) electrons. The van der Waals surface area contributed by atoms with Crippen molar-refractivity contribution in [2.45, 2.75) is 89.4 Å². The first kappa shape index (κ1) is 24.0. The van der Waals surface area contributed by atoms with Crippen LogP contribution < -0.4 is 4.74 Å². The first-order chi connectivity index (χ1) is 18.3. The van der Waals surface area contributed by atoms with Crippen LogP contribution in [0.1, 0.15) is 70.0 Å². The van der Waals surface area contributed by atoms with Crippen LogP contribution in [0, 0.1) is 0 Å². The minimum Gasteiger partial charge on any atom is -0.485 e. The third-order valence-electron chi connectivity index (χ3n) is 8.36.